The maximum absolute atomic E-state index is 13.7. The summed E-state index contributed by atoms with van der Waals surface area (Å²) in [4.78, 5) is 23.9. The second-order valence-corrected chi connectivity index (χ2v) is 7.31. The molecule has 34 heavy (non-hydrogen) atoms. The van der Waals surface area contributed by atoms with Crippen molar-refractivity contribution < 1.29 is 37.3 Å². The number of nitrogens with zero attached hydrogens (tertiary/aromatic N) is 2. The van der Waals surface area contributed by atoms with E-state index in [-0.39, 0.29) is 11.3 Å². The van der Waals surface area contributed by atoms with Gasteiger partial charge in [0.25, 0.3) is 5.91 Å². The molecule has 1 N–H and O–H groups in total. The number of carbonyl (C=O) groups excluding carboxylic acids is 1. The molecule has 0 saturated carbocycles. The summed E-state index contributed by atoms with van der Waals surface area (Å²) in [6.45, 7) is 4.57. The van der Waals surface area contributed by atoms with E-state index in [1.54, 1.807) is 13.0 Å². The number of hydrogen-bond acceptors (Lipinski definition) is 5. The minimum atomic E-state index is -4.89. The number of ether oxygens (including phenoxy) is 2. The Morgan fingerprint density at radius 3 is 2.38 bits per heavy atom. The van der Waals surface area contributed by atoms with Crippen LogP contribution < -0.4 is 14.5 Å². The number of carboxylic acid groups (broad SMARTS) is 1. The summed E-state index contributed by atoms with van der Waals surface area (Å²) in [5, 5.41) is 13.1. The molecule has 0 aromatic heterocycles. The van der Waals surface area contributed by atoms with Crippen LogP contribution in [-0.4, -0.2) is 42.1 Å². The molecule has 1 aliphatic rings. The molecule has 0 bridgehead atoms. The number of unbranched alkanes of at least 4 members (excludes halogenated alkanes) is 1. The topological polar surface area (TPSA) is 88.4 Å². The maximum atomic E-state index is 13.7. The Bertz CT molecular complexity index is 1120. The number of rotatable bonds is 9. The Morgan fingerprint density at radius 1 is 1.09 bits per heavy atom. The number of hydrazone groups is 1. The van der Waals surface area contributed by atoms with Gasteiger partial charge < -0.3 is 14.6 Å². The third-order valence-electron chi connectivity index (χ3n) is 4.84. The Balaban J connectivity index is 1.97. The zero-order valence-corrected chi connectivity index (χ0v) is 18.6. The Morgan fingerprint density at radius 2 is 1.79 bits per heavy atom. The van der Waals surface area contributed by atoms with Crippen molar-refractivity contribution in [1.82, 2.24) is 0 Å². The van der Waals surface area contributed by atoms with Crippen LogP contribution in [0.15, 0.2) is 53.1 Å². The van der Waals surface area contributed by atoms with Crippen LogP contribution in [0, 0.1) is 0 Å². The molecule has 10 heteroatoms. The van der Waals surface area contributed by atoms with Crippen molar-refractivity contribution in [3.8, 4) is 11.5 Å². The molecule has 1 aliphatic heterocycles. The molecule has 1 heterocycles. The van der Waals surface area contributed by atoms with Crippen LogP contribution in [0.1, 0.15) is 42.6 Å². The molecule has 2 aromatic rings. The lowest BCUT2D eigenvalue weighted by Gasteiger charge is -2.13. The van der Waals surface area contributed by atoms with E-state index >= 15 is 0 Å². The number of amides is 1. The predicted molar refractivity (Wildman–Crippen MR) is 120 cm³/mol. The van der Waals surface area contributed by atoms with Crippen LogP contribution in [0.3, 0.4) is 0 Å². The minimum Gasteiger partial charge on any atom is -0.490 e. The van der Waals surface area contributed by atoms with Gasteiger partial charge in [-0.1, -0.05) is 19.4 Å². The maximum Gasteiger partial charge on any atom is 0.435 e. The van der Waals surface area contributed by atoms with Crippen LogP contribution in [0.5, 0.6) is 11.5 Å². The molecular weight excluding hydrogens is 453 g/mol. The minimum absolute atomic E-state index is 0.00910. The molecule has 0 radical (unpaired) electrons. The highest BCUT2D eigenvalue weighted by Gasteiger charge is 2.46. The average Bonchev–Trinajstić information content (AvgIpc) is 3.12. The fourth-order valence-electron chi connectivity index (χ4n) is 3.17. The van der Waals surface area contributed by atoms with Gasteiger partial charge in [0.05, 0.1) is 30.0 Å². The van der Waals surface area contributed by atoms with Crippen LogP contribution >= 0.6 is 0 Å². The zero-order chi connectivity index (χ0) is 24.9. The Labute approximate surface area is 194 Å². The highest BCUT2D eigenvalue weighted by molar-refractivity contribution is 6.34. The summed E-state index contributed by atoms with van der Waals surface area (Å²) >= 11 is 0. The van der Waals surface area contributed by atoms with Crippen LogP contribution in [0.4, 0.5) is 18.9 Å². The summed E-state index contributed by atoms with van der Waals surface area (Å²) in [6.07, 6.45) is -2.02. The van der Waals surface area contributed by atoms with E-state index in [0.717, 1.165) is 18.9 Å². The van der Waals surface area contributed by atoms with E-state index in [0.29, 0.717) is 35.3 Å². The van der Waals surface area contributed by atoms with Gasteiger partial charge in [0.1, 0.15) is 0 Å². The Kier molecular flexibility index (Phi) is 7.60. The molecule has 180 valence electrons. The van der Waals surface area contributed by atoms with Crippen molar-refractivity contribution in [3.05, 3.63) is 59.2 Å². The lowest BCUT2D eigenvalue weighted by Crippen LogP contribution is -2.25. The van der Waals surface area contributed by atoms with E-state index in [1.165, 1.54) is 36.4 Å². The fourth-order valence-corrected chi connectivity index (χ4v) is 3.17. The molecule has 1 amide bonds. The lowest BCUT2D eigenvalue weighted by atomic mass is 10.1. The molecule has 0 aliphatic carbocycles. The summed E-state index contributed by atoms with van der Waals surface area (Å²) in [6, 6.07) is 9.42. The van der Waals surface area contributed by atoms with Gasteiger partial charge in [-0.15, -0.1) is 0 Å². The number of alkyl halides is 3. The van der Waals surface area contributed by atoms with Crippen molar-refractivity contribution in [2.45, 2.75) is 32.9 Å². The smallest absolute Gasteiger partial charge is 0.435 e. The van der Waals surface area contributed by atoms with Gasteiger partial charge >= 0.3 is 12.1 Å². The third kappa shape index (κ3) is 5.56. The molecule has 0 fully saturated rings. The largest absolute Gasteiger partial charge is 0.490 e. The van der Waals surface area contributed by atoms with Gasteiger partial charge in [-0.05, 0) is 61.4 Å². The van der Waals surface area contributed by atoms with Crippen LogP contribution in [-0.2, 0) is 4.79 Å². The molecule has 0 spiro atoms. The second kappa shape index (κ2) is 10.4. The first kappa shape index (κ1) is 24.8. The molecule has 2 aromatic carbocycles. The standard InChI is InChI=1S/C24H23F3N2O5/c1-3-5-12-34-19-11-6-15(14-20(19)33-4-2)13-18-21(24(25,26)27)28-29(22(18)30)17-9-7-16(8-10-17)23(31)32/h6-11,13-14H,3-5,12H2,1-2H3,(H,31,32)/b18-13+. The third-order valence-corrected chi connectivity index (χ3v) is 4.84. The normalized spacial score (nSPS) is 15.0. The number of carbonyl (C=O) groups is 2. The summed E-state index contributed by atoms with van der Waals surface area (Å²) in [5.74, 6) is -1.38. The SMILES string of the molecule is CCCCOc1ccc(/C=C2/C(=O)N(c3ccc(C(=O)O)cc3)N=C2C(F)(F)F)cc1OCC. The number of anilines is 1. The highest BCUT2D eigenvalue weighted by atomic mass is 19.4. The zero-order valence-electron chi connectivity index (χ0n) is 18.6. The monoisotopic (exact) mass is 476 g/mol. The number of aromatic carboxylic acids is 1. The van der Waals surface area contributed by atoms with Crippen molar-refractivity contribution >= 4 is 29.4 Å². The van der Waals surface area contributed by atoms with Gasteiger partial charge in [-0.2, -0.15) is 23.3 Å². The van der Waals surface area contributed by atoms with Crippen molar-refractivity contribution in [3.63, 3.8) is 0 Å². The van der Waals surface area contributed by atoms with E-state index in [4.69, 9.17) is 14.6 Å². The second-order valence-electron chi connectivity index (χ2n) is 7.31. The van der Waals surface area contributed by atoms with E-state index in [1.807, 2.05) is 6.92 Å². The molecular formula is C24H23F3N2O5. The molecule has 0 unspecified atom stereocenters. The molecule has 3 rings (SSSR count). The van der Waals surface area contributed by atoms with Crippen LogP contribution in [0.25, 0.3) is 6.08 Å². The fraction of sp³-hybridized carbons (Fsp3) is 0.292. The first-order chi connectivity index (χ1) is 16.2. The van der Waals surface area contributed by atoms with Crippen LogP contribution in [0.2, 0.25) is 0 Å². The van der Waals surface area contributed by atoms with Gasteiger partial charge in [0.15, 0.2) is 17.2 Å². The summed E-state index contributed by atoms with van der Waals surface area (Å²) in [7, 11) is 0. The first-order valence-corrected chi connectivity index (χ1v) is 10.6. The van der Waals surface area contributed by atoms with Crippen molar-refractivity contribution in [2.75, 3.05) is 18.2 Å². The van der Waals surface area contributed by atoms with E-state index < -0.39 is 29.3 Å². The van der Waals surface area contributed by atoms with Gasteiger partial charge in [-0.3, -0.25) is 4.79 Å². The first-order valence-electron chi connectivity index (χ1n) is 10.6. The number of hydrogen-bond donors (Lipinski definition) is 1. The lowest BCUT2D eigenvalue weighted by molar-refractivity contribution is -0.114. The Hall–Kier alpha value is -3.82. The highest BCUT2D eigenvalue weighted by Crippen LogP contribution is 2.34. The number of benzene rings is 2. The van der Waals surface area contributed by atoms with E-state index in [9.17, 15) is 22.8 Å². The van der Waals surface area contributed by atoms with Gasteiger partial charge in [0, 0.05) is 0 Å². The predicted octanol–water partition coefficient (Wildman–Crippen LogP) is 5.31. The summed E-state index contributed by atoms with van der Waals surface area (Å²) < 4.78 is 52.4. The molecule has 7 nitrogen and oxygen atoms in total. The quantitative estimate of drug-likeness (QED) is 0.391. The number of halogens is 3. The summed E-state index contributed by atoms with van der Waals surface area (Å²) in [5.41, 5.74) is -1.75. The van der Waals surface area contributed by atoms with Crippen molar-refractivity contribution in [2.24, 2.45) is 5.10 Å². The van der Waals surface area contributed by atoms with E-state index in [2.05, 4.69) is 5.10 Å². The van der Waals surface area contributed by atoms with Gasteiger partial charge in [0.2, 0.25) is 0 Å². The number of carboxylic acids is 1. The van der Waals surface area contributed by atoms with Crippen molar-refractivity contribution in [1.29, 1.82) is 0 Å². The average molecular weight is 476 g/mol. The van der Waals surface area contributed by atoms with Gasteiger partial charge in [-0.25, -0.2) is 4.79 Å². The molecule has 0 saturated heterocycles. The molecule has 0 atom stereocenters.